The molecular formula is C42H42O6Pb2. The van der Waals surface area contributed by atoms with Crippen molar-refractivity contribution in [3.8, 4) is 34.5 Å². The van der Waals surface area contributed by atoms with Crippen LogP contribution in [-0.2, 0) is 0 Å². The second kappa shape index (κ2) is 18.8. The maximum absolute atomic E-state index is 5.31. The van der Waals surface area contributed by atoms with E-state index >= 15 is 0 Å². The predicted octanol–water partition coefficient (Wildman–Crippen LogP) is 4.46. The molecule has 0 unspecified atom stereocenters. The van der Waals surface area contributed by atoms with Crippen molar-refractivity contribution in [2.75, 3.05) is 42.7 Å². The first-order valence-electron chi connectivity index (χ1n) is 16.1. The van der Waals surface area contributed by atoms with Crippen molar-refractivity contribution in [3.63, 3.8) is 0 Å². The molecule has 0 aliphatic rings. The topological polar surface area (TPSA) is 55.4 Å². The van der Waals surface area contributed by atoms with Crippen molar-refractivity contribution in [3.05, 3.63) is 146 Å². The Hall–Kier alpha value is -4.04. The van der Waals surface area contributed by atoms with Gasteiger partial charge in [-0.1, -0.05) is 0 Å². The summed E-state index contributed by atoms with van der Waals surface area (Å²) in [4.78, 5) is 0. The van der Waals surface area contributed by atoms with Crippen LogP contribution in [0.4, 0.5) is 0 Å². The molecule has 2 radical (unpaired) electrons. The molecule has 8 heteroatoms. The van der Waals surface area contributed by atoms with E-state index in [0.717, 1.165) is 34.5 Å². The predicted molar refractivity (Wildman–Crippen MR) is 207 cm³/mol. The van der Waals surface area contributed by atoms with E-state index in [1.165, 1.54) is 18.7 Å². The zero-order valence-electron chi connectivity index (χ0n) is 29.3. The van der Waals surface area contributed by atoms with Crippen LogP contribution >= 0.6 is 0 Å². The normalized spacial score (nSPS) is 10.6. The molecule has 0 aliphatic heterocycles. The van der Waals surface area contributed by atoms with Gasteiger partial charge in [0.25, 0.3) is 0 Å². The van der Waals surface area contributed by atoms with Gasteiger partial charge in [-0.15, -0.1) is 0 Å². The van der Waals surface area contributed by atoms with E-state index in [1.807, 2.05) is 72.8 Å². The van der Waals surface area contributed by atoms with Crippen molar-refractivity contribution in [1.29, 1.82) is 0 Å². The fourth-order valence-electron chi connectivity index (χ4n) is 5.55. The van der Waals surface area contributed by atoms with E-state index in [9.17, 15) is 0 Å². The molecule has 0 aliphatic carbocycles. The van der Waals surface area contributed by atoms with Crippen molar-refractivity contribution in [1.82, 2.24) is 0 Å². The van der Waals surface area contributed by atoms with E-state index < -0.39 is 45.4 Å². The van der Waals surface area contributed by atoms with Gasteiger partial charge in [-0.05, 0) is 0 Å². The first kappa shape index (κ1) is 37.2. The van der Waals surface area contributed by atoms with Crippen LogP contribution in [0.3, 0.4) is 0 Å². The molecule has 0 fully saturated rings. The Morgan fingerprint density at radius 3 is 0.440 bits per heavy atom. The van der Waals surface area contributed by atoms with Gasteiger partial charge in [0.15, 0.2) is 0 Å². The van der Waals surface area contributed by atoms with Gasteiger partial charge < -0.3 is 0 Å². The Labute approximate surface area is 312 Å². The van der Waals surface area contributed by atoms with Crippen LogP contribution in [0.25, 0.3) is 0 Å². The van der Waals surface area contributed by atoms with Crippen LogP contribution in [-0.4, -0.2) is 88.1 Å². The molecule has 50 heavy (non-hydrogen) atoms. The summed E-state index contributed by atoms with van der Waals surface area (Å²) in [6, 6.07) is 51.0. The molecule has 0 amide bonds. The van der Waals surface area contributed by atoms with Crippen molar-refractivity contribution in [2.24, 2.45) is 0 Å². The fourth-order valence-corrected chi connectivity index (χ4v) is 25.0. The number of ether oxygens (including phenoxy) is 6. The summed E-state index contributed by atoms with van der Waals surface area (Å²) >= 11 is -4.95. The quantitative estimate of drug-likeness (QED) is 0.169. The summed E-state index contributed by atoms with van der Waals surface area (Å²) in [6.07, 6.45) is 0. The van der Waals surface area contributed by atoms with E-state index in [2.05, 4.69) is 72.8 Å². The van der Waals surface area contributed by atoms with Gasteiger partial charge in [-0.25, -0.2) is 0 Å². The van der Waals surface area contributed by atoms with Gasteiger partial charge in [-0.3, -0.25) is 0 Å². The number of rotatable bonds is 12. The Kier molecular flexibility index (Phi) is 14.0. The van der Waals surface area contributed by atoms with Crippen LogP contribution in [0.15, 0.2) is 146 Å². The maximum atomic E-state index is 5.31. The number of methoxy groups -OCH3 is 6. The molecule has 0 atom stereocenters. The second-order valence-electron chi connectivity index (χ2n) is 11.1. The van der Waals surface area contributed by atoms with Gasteiger partial charge in [0.05, 0.1) is 0 Å². The fraction of sp³-hybridized carbons (Fsp3) is 0.143. The summed E-state index contributed by atoms with van der Waals surface area (Å²) in [7, 11) is 10.2. The summed E-state index contributed by atoms with van der Waals surface area (Å²) in [5.41, 5.74) is 0. The summed E-state index contributed by atoms with van der Waals surface area (Å²) in [5, 5.41) is 0. The Morgan fingerprint density at radius 2 is 0.340 bits per heavy atom. The first-order valence-corrected chi connectivity index (χ1v) is 27.8. The first-order chi connectivity index (χ1) is 24.5. The van der Waals surface area contributed by atoms with Crippen molar-refractivity contribution >= 4 is 64.1 Å². The Bertz CT molecular complexity index is 1510. The minimum atomic E-state index is -2.48. The molecule has 0 N–H and O–H groups in total. The average Bonchev–Trinajstić information content (AvgIpc) is 3.20. The SMILES string of the molecule is COc1cc[c]([Pb]([c]2ccc(OC)cc2)[c]2ccc(OC)cc2)cc1.COc1cc[c]([Pb]([c]2ccc(OC)cc2)[c]2ccc(OC)cc2)cc1. The molecule has 0 bridgehead atoms. The van der Waals surface area contributed by atoms with Gasteiger partial charge in [0.1, 0.15) is 0 Å². The van der Waals surface area contributed by atoms with Crippen LogP contribution in [0.2, 0.25) is 0 Å². The summed E-state index contributed by atoms with van der Waals surface area (Å²) in [5.74, 6) is 5.33. The molecule has 0 heterocycles. The van der Waals surface area contributed by atoms with Crippen LogP contribution in [0.1, 0.15) is 0 Å². The molecule has 6 rings (SSSR count). The van der Waals surface area contributed by atoms with Gasteiger partial charge in [0, 0.05) is 0 Å². The molecule has 6 aromatic rings. The molecule has 254 valence electrons. The van der Waals surface area contributed by atoms with Gasteiger partial charge >= 0.3 is 315 Å². The van der Waals surface area contributed by atoms with E-state index in [1.54, 1.807) is 42.7 Å². The number of hydrogen-bond donors (Lipinski definition) is 0. The van der Waals surface area contributed by atoms with Crippen LogP contribution < -0.4 is 47.2 Å². The Morgan fingerprint density at radius 1 is 0.220 bits per heavy atom. The van der Waals surface area contributed by atoms with Crippen LogP contribution in [0, 0.1) is 0 Å². The van der Waals surface area contributed by atoms with Crippen LogP contribution in [0.5, 0.6) is 34.5 Å². The third-order valence-corrected chi connectivity index (χ3v) is 29.5. The van der Waals surface area contributed by atoms with Crippen molar-refractivity contribution in [2.45, 2.75) is 0 Å². The third-order valence-electron chi connectivity index (χ3n) is 8.27. The average molecular weight is 1060 g/mol. The summed E-state index contributed by atoms with van der Waals surface area (Å²) < 4.78 is 40.4. The molecule has 6 nitrogen and oxygen atoms in total. The molecule has 0 aromatic heterocycles. The monoisotopic (exact) mass is 1060 g/mol. The third kappa shape index (κ3) is 9.60. The molecule has 0 saturated heterocycles. The van der Waals surface area contributed by atoms with Gasteiger partial charge in [-0.2, -0.15) is 0 Å². The van der Waals surface area contributed by atoms with E-state index in [0.29, 0.717) is 0 Å². The molecule has 0 spiro atoms. The zero-order chi connectivity index (χ0) is 35.3. The Balaban J connectivity index is 0.000000194. The second-order valence-corrected chi connectivity index (χ2v) is 30.4. The van der Waals surface area contributed by atoms with E-state index in [-0.39, 0.29) is 0 Å². The zero-order valence-corrected chi connectivity index (χ0v) is 37.1. The molecule has 0 saturated carbocycles. The number of hydrogen-bond acceptors (Lipinski definition) is 6. The summed E-state index contributed by atoms with van der Waals surface area (Å²) in [6.45, 7) is 0. The minimum absolute atomic E-state index is 0.888. The molecule has 6 aromatic carbocycles. The van der Waals surface area contributed by atoms with E-state index in [4.69, 9.17) is 28.4 Å². The van der Waals surface area contributed by atoms with Gasteiger partial charge in [0.2, 0.25) is 0 Å². The number of benzene rings is 6. The van der Waals surface area contributed by atoms with Crippen molar-refractivity contribution < 1.29 is 28.4 Å². The standard InChI is InChI=1S/6C7H7O.2Pb/c6*1-8-7-5-3-2-4-6-7;;/h6*3-6H,1H3;;. The molecular weight excluding hydrogens is 1010 g/mol.